The lowest BCUT2D eigenvalue weighted by molar-refractivity contribution is 0.111. The van der Waals surface area contributed by atoms with Crippen LogP contribution in [0.2, 0.25) is 0 Å². The number of ether oxygens (including phenoxy) is 1. The molecule has 1 heterocycles. The Morgan fingerprint density at radius 1 is 1.39 bits per heavy atom. The number of fused-ring (bicyclic) bond motifs is 2. The first-order chi connectivity index (χ1) is 8.76. The van der Waals surface area contributed by atoms with Gasteiger partial charge in [-0.25, -0.2) is 4.98 Å². The third kappa shape index (κ3) is 2.14. The molecule has 3 heteroatoms. The van der Waals surface area contributed by atoms with Crippen LogP contribution in [0.1, 0.15) is 41.9 Å². The second kappa shape index (κ2) is 4.71. The number of aryl methyl sites for hydroxylation is 1. The van der Waals surface area contributed by atoms with Gasteiger partial charge >= 0.3 is 0 Å². The predicted molar refractivity (Wildman–Crippen MR) is 68.8 cm³/mol. The van der Waals surface area contributed by atoms with E-state index in [2.05, 4.69) is 4.98 Å². The van der Waals surface area contributed by atoms with Crippen molar-refractivity contribution in [3.63, 3.8) is 0 Å². The second-order valence-corrected chi connectivity index (χ2v) is 5.70. The topological polar surface area (TPSA) is 39.2 Å². The van der Waals surface area contributed by atoms with Gasteiger partial charge in [-0.15, -0.1) is 0 Å². The van der Waals surface area contributed by atoms with E-state index in [9.17, 15) is 4.79 Å². The molecule has 3 rings (SSSR count). The summed E-state index contributed by atoms with van der Waals surface area (Å²) in [6.45, 7) is 2.62. The van der Waals surface area contributed by atoms with Crippen LogP contribution >= 0.6 is 0 Å². The Labute approximate surface area is 108 Å². The lowest BCUT2D eigenvalue weighted by Crippen LogP contribution is -2.19. The molecule has 2 saturated carbocycles. The molecule has 0 N–H and O–H groups in total. The molecule has 2 bridgehead atoms. The smallest absolute Gasteiger partial charge is 0.172 e. The van der Waals surface area contributed by atoms with Crippen LogP contribution in [0.3, 0.4) is 0 Å². The molecule has 1 aromatic rings. The zero-order chi connectivity index (χ0) is 12.5. The van der Waals surface area contributed by atoms with Gasteiger partial charge < -0.3 is 4.74 Å². The third-order valence-corrected chi connectivity index (χ3v) is 4.47. The first-order valence-corrected chi connectivity index (χ1v) is 6.82. The molecule has 3 nitrogen and oxygen atoms in total. The Hall–Kier alpha value is -1.38. The van der Waals surface area contributed by atoms with Crippen LogP contribution in [0, 0.1) is 24.7 Å². The van der Waals surface area contributed by atoms with Crippen molar-refractivity contribution in [1.29, 1.82) is 0 Å². The molecule has 2 aliphatic rings. The zero-order valence-electron chi connectivity index (χ0n) is 10.8. The van der Waals surface area contributed by atoms with E-state index >= 15 is 0 Å². The van der Waals surface area contributed by atoms with Gasteiger partial charge in [0.2, 0.25) is 0 Å². The quantitative estimate of drug-likeness (QED) is 0.765. The number of pyridine rings is 1. The number of nitrogens with zero attached hydrogens (tertiary/aromatic N) is 1. The molecule has 0 aliphatic heterocycles. The highest BCUT2D eigenvalue weighted by Crippen LogP contribution is 2.48. The van der Waals surface area contributed by atoms with Gasteiger partial charge in [-0.05, 0) is 56.1 Å². The molecule has 0 spiro atoms. The molecule has 0 radical (unpaired) electrons. The maximum Gasteiger partial charge on any atom is 0.172 e. The zero-order valence-corrected chi connectivity index (χ0v) is 10.8. The van der Waals surface area contributed by atoms with Crippen molar-refractivity contribution in [1.82, 2.24) is 4.98 Å². The van der Waals surface area contributed by atoms with Gasteiger partial charge in [0.05, 0.1) is 6.61 Å². The Morgan fingerprint density at radius 3 is 2.94 bits per heavy atom. The molecule has 0 saturated heterocycles. The van der Waals surface area contributed by atoms with Crippen molar-refractivity contribution in [2.24, 2.45) is 17.8 Å². The standard InChI is InChI=1S/C15H19NO2/c1-10-2-5-15(14(8-17)16-10)18-9-13-7-11-3-4-12(13)6-11/h2,5,8,11-13H,3-4,6-7,9H2,1H3. The van der Waals surface area contributed by atoms with E-state index in [1.807, 2.05) is 19.1 Å². The summed E-state index contributed by atoms with van der Waals surface area (Å²) in [4.78, 5) is 15.2. The van der Waals surface area contributed by atoms with E-state index < -0.39 is 0 Å². The third-order valence-electron chi connectivity index (χ3n) is 4.47. The van der Waals surface area contributed by atoms with E-state index in [4.69, 9.17) is 4.74 Å². The van der Waals surface area contributed by atoms with Gasteiger partial charge in [0.1, 0.15) is 11.4 Å². The Morgan fingerprint density at radius 2 is 2.28 bits per heavy atom. The largest absolute Gasteiger partial charge is 0.491 e. The number of carbonyl (C=O) groups excluding carboxylic acids is 1. The summed E-state index contributed by atoms with van der Waals surface area (Å²) in [5.41, 5.74) is 1.28. The van der Waals surface area contributed by atoms with Crippen LogP contribution in [-0.4, -0.2) is 17.9 Å². The van der Waals surface area contributed by atoms with E-state index in [0.717, 1.165) is 30.4 Å². The normalized spacial score (nSPS) is 29.5. The van der Waals surface area contributed by atoms with E-state index in [-0.39, 0.29) is 0 Å². The molecule has 2 fully saturated rings. The summed E-state index contributed by atoms with van der Waals surface area (Å²) in [5, 5.41) is 0. The molecule has 0 amide bonds. The second-order valence-electron chi connectivity index (χ2n) is 5.70. The summed E-state index contributed by atoms with van der Waals surface area (Å²) in [6, 6.07) is 3.75. The fourth-order valence-corrected chi connectivity index (χ4v) is 3.55. The number of aldehydes is 1. The number of aromatic nitrogens is 1. The van der Waals surface area contributed by atoms with Crippen molar-refractivity contribution in [3.05, 3.63) is 23.5 Å². The molecule has 1 aromatic heterocycles. The van der Waals surface area contributed by atoms with Crippen molar-refractivity contribution >= 4 is 6.29 Å². The molecule has 3 unspecified atom stereocenters. The first kappa shape index (κ1) is 11.7. The van der Waals surface area contributed by atoms with Crippen molar-refractivity contribution < 1.29 is 9.53 Å². The van der Waals surface area contributed by atoms with Gasteiger partial charge in [0.25, 0.3) is 0 Å². The van der Waals surface area contributed by atoms with Crippen LogP contribution < -0.4 is 4.74 Å². The SMILES string of the molecule is Cc1ccc(OCC2CC3CCC2C3)c(C=O)n1. The minimum absolute atomic E-state index is 0.429. The van der Waals surface area contributed by atoms with Gasteiger partial charge in [0.15, 0.2) is 6.29 Å². The molecule has 96 valence electrons. The fraction of sp³-hybridized carbons (Fsp3) is 0.600. The molecule has 2 aliphatic carbocycles. The highest BCUT2D eigenvalue weighted by Gasteiger charge is 2.39. The van der Waals surface area contributed by atoms with E-state index in [1.54, 1.807) is 0 Å². The van der Waals surface area contributed by atoms with Gasteiger partial charge in [-0.1, -0.05) is 6.42 Å². The maximum absolute atomic E-state index is 11.0. The summed E-state index contributed by atoms with van der Waals surface area (Å²) < 4.78 is 5.83. The average molecular weight is 245 g/mol. The van der Waals surface area contributed by atoms with Crippen molar-refractivity contribution in [3.8, 4) is 5.75 Å². The Kier molecular flexibility index (Phi) is 3.06. The van der Waals surface area contributed by atoms with Gasteiger partial charge in [-0.2, -0.15) is 0 Å². The number of rotatable bonds is 4. The van der Waals surface area contributed by atoms with Crippen LogP contribution in [0.15, 0.2) is 12.1 Å². The summed E-state index contributed by atoms with van der Waals surface area (Å²) in [6.07, 6.45) is 6.25. The Balaban J connectivity index is 1.65. The van der Waals surface area contributed by atoms with Gasteiger partial charge in [-0.3, -0.25) is 4.79 Å². The molecule has 3 atom stereocenters. The minimum Gasteiger partial charge on any atom is -0.491 e. The summed E-state index contributed by atoms with van der Waals surface area (Å²) >= 11 is 0. The van der Waals surface area contributed by atoms with E-state index in [1.165, 1.54) is 25.7 Å². The summed E-state index contributed by atoms with van der Waals surface area (Å²) in [5.74, 6) is 3.11. The summed E-state index contributed by atoms with van der Waals surface area (Å²) in [7, 11) is 0. The van der Waals surface area contributed by atoms with Crippen molar-refractivity contribution in [2.45, 2.75) is 32.6 Å². The number of hydrogen-bond acceptors (Lipinski definition) is 3. The van der Waals surface area contributed by atoms with Crippen LogP contribution in [0.25, 0.3) is 0 Å². The van der Waals surface area contributed by atoms with Crippen LogP contribution in [0.4, 0.5) is 0 Å². The molecular weight excluding hydrogens is 226 g/mol. The van der Waals surface area contributed by atoms with Crippen molar-refractivity contribution in [2.75, 3.05) is 6.61 Å². The molecular formula is C15H19NO2. The maximum atomic E-state index is 11.0. The van der Waals surface area contributed by atoms with E-state index in [0.29, 0.717) is 17.4 Å². The minimum atomic E-state index is 0.429. The number of carbonyl (C=O) groups is 1. The fourth-order valence-electron chi connectivity index (χ4n) is 3.55. The van der Waals surface area contributed by atoms with Crippen LogP contribution in [-0.2, 0) is 0 Å². The number of hydrogen-bond donors (Lipinski definition) is 0. The lowest BCUT2D eigenvalue weighted by atomic mass is 9.89. The lowest BCUT2D eigenvalue weighted by Gasteiger charge is -2.22. The molecule has 18 heavy (non-hydrogen) atoms. The molecule has 0 aromatic carbocycles. The van der Waals surface area contributed by atoms with Crippen LogP contribution in [0.5, 0.6) is 5.75 Å². The monoisotopic (exact) mass is 245 g/mol. The van der Waals surface area contributed by atoms with Gasteiger partial charge in [0, 0.05) is 5.69 Å². The predicted octanol–water partition coefficient (Wildman–Crippen LogP) is 3.02. The average Bonchev–Trinajstić information content (AvgIpc) is 2.99. The highest BCUT2D eigenvalue weighted by molar-refractivity contribution is 5.76. The highest BCUT2D eigenvalue weighted by atomic mass is 16.5. The Bertz CT molecular complexity index is 458. The first-order valence-electron chi connectivity index (χ1n) is 6.82.